The fourth-order valence-corrected chi connectivity index (χ4v) is 0.561. The lowest BCUT2D eigenvalue weighted by atomic mass is 10.2. The summed E-state index contributed by atoms with van der Waals surface area (Å²) in [6.07, 6.45) is 4.33. The van der Waals surface area contributed by atoms with Crippen LogP contribution in [0.1, 0.15) is 19.8 Å². The summed E-state index contributed by atoms with van der Waals surface area (Å²) in [5.41, 5.74) is 1.14. The molecule has 0 atom stereocenters. The molecular formula is C7H11ClO. The van der Waals surface area contributed by atoms with Crippen molar-refractivity contribution in [1.29, 1.82) is 0 Å². The van der Waals surface area contributed by atoms with E-state index < -0.39 is 0 Å². The Kier molecular flexibility index (Phi) is 5.64. The van der Waals surface area contributed by atoms with Crippen molar-refractivity contribution in [3.63, 3.8) is 0 Å². The van der Waals surface area contributed by atoms with Crippen molar-refractivity contribution in [2.24, 2.45) is 0 Å². The van der Waals surface area contributed by atoms with Crippen LogP contribution in [-0.2, 0) is 4.79 Å². The van der Waals surface area contributed by atoms with Crippen molar-refractivity contribution in [1.82, 2.24) is 0 Å². The van der Waals surface area contributed by atoms with E-state index in [2.05, 4.69) is 0 Å². The Balaban J connectivity index is 3.31. The van der Waals surface area contributed by atoms with Crippen LogP contribution in [0.5, 0.6) is 0 Å². The quantitative estimate of drug-likeness (QED) is 0.257. The van der Waals surface area contributed by atoms with Crippen LogP contribution >= 0.6 is 11.6 Å². The Morgan fingerprint density at radius 2 is 2.22 bits per heavy atom. The van der Waals surface area contributed by atoms with Crippen LogP contribution < -0.4 is 0 Å². The highest BCUT2D eigenvalue weighted by atomic mass is 35.5. The molecule has 0 heterocycles. The van der Waals surface area contributed by atoms with E-state index >= 15 is 0 Å². The molecule has 0 N–H and O–H groups in total. The first-order valence-corrected chi connectivity index (χ1v) is 3.50. The summed E-state index contributed by atoms with van der Waals surface area (Å²) < 4.78 is 0. The predicted molar refractivity (Wildman–Crippen MR) is 39.8 cm³/mol. The number of carbonyl (C=O) groups excluding carboxylic acids is 1. The second kappa shape index (κ2) is 5.83. The molecule has 0 aromatic rings. The maximum Gasteiger partial charge on any atom is 0.120 e. The molecule has 0 aliphatic rings. The Hall–Kier alpha value is -0.300. The number of aldehydes is 1. The number of hydrogen-bond donors (Lipinski definition) is 0. The van der Waals surface area contributed by atoms with E-state index in [0.717, 1.165) is 18.3 Å². The Morgan fingerprint density at radius 1 is 1.56 bits per heavy atom. The molecule has 0 saturated heterocycles. The molecule has 0 bridgehead atoms. The second-order valence-electron chi connectivity index (χ2n) is 1.93. The molecule has 0 radical (unpaired) electrons. The Morgan fingerprint density at radius 3 is 2.67 bits per heavy atom. The van der Waals surface area contributed by atoms with Gasteiger partial charge < -0.3 is 4.79 Å². The van der Waals surface area contributed by atoms with E-state index in [9.17, 15) is 4.79 Å². The molecule has 0 aromatic carbocycles. The van der Waals surface area contributed by atoms with Gasteiger partial charge in [-0.3, -0.25) is 0 Å². The normalized spacial score (nSPS) is 11.6. The number of carbonyl (C=O) groups is 1. The predicted octanol–water partition coefficient (Wildman–Crippen LogP) is 2.15. The lowest BCUT2D eigenvalue weighted by Crippen LogP contribution is -1.77. The van der Waals surface area contributed by atoms with E-state index in [1.165, 1.54) is 0 Å². The number of halogens is 1. The van der Waals surface area contributed by atoms with Gasteiger partial charge in [0.05, 0.1) is 0 Å². The smallest absolute Gasteiger partial charge is 0.120 e. The van der Waals surface area contributed by atoms with Crippen LogP contribution in [0.3, 0.4) is 0 Å². The first-order chi connectivity index (χ1) is 4.31. The fraction of sp³-hybridized carbons (Fsp3) is 0.571. The number of allylic oxidation sites excluding steroid dienone is 2. The van der Waals surface area contributed by atoms with Gasteiger partial charge in [0.25, 0.3) is 0 Å². The third-order valence-electron chi connectivity index (χ3n) is 0.988. The maximum absolute atomic E-state index is 9.81. The largest absolute Gasteiger partial charge is 0.303 e. The van der Waals surface area contributed by atoms with Crippen LogP contribution in [0.4, 0.5) is 0 Å². The monoisotopic (exact) mass is 146 g/mol. The van der Waals surface area contributed by atoms with E-state index in [0.29, 0.717) is 12.3 Å². The summed E-state index contributed by atoms with van der Waals surface area (Å²) in [6, 6.07) is 0. The highest BCUT2D eigenvalue weighted by Gasteiger charge is 1.83. The lowest BCUT2D eigenvalue weighted by Gasteiger charge is -1.89. The van der Waals surface area contributed by atoms with Gasteiger partial charge in [0.2, 0.25) is 0 Å². The molecule has 0 amide bonds. The van der Waals surface area contributed by atoms with Crippen LogP contribution in [-0.4, -0.2) is 12.2 Å². The van der Waals surface area contributed by atoms with Crippen molar-refractivity contribution in [3.8, 4) is 0 Å². The molecule has 52 valence electrons. The topological polar surface area (TPSA) is 17.1 Å². The van der Waals surface area contributed by atoms with Gasteiger partial charge in [-0.2, -0.15) is 0 Å². The molecule has 0 saturated carbocycles. The maximum atomic E-state index is 9.81. The zero-order valence-electron chi connectivity index (χ0n) is 5.56. The first-order valence-electron chi connectivity index (χ1n) is 2.96. The average Bonchev–Trinajstić information content (AvgIpc) is 1.89. The third kappa shape index (κ3) is 5.57. The first kappa shape index (κ1) is 8.70. The summed E-state index contributed by atoms with van der Waals surface area (Å²) in [5.74, 6) is 0.568. The van der Waals surface area contributed by atoms with Crippen LogP contribution in [0.2, 0.25) is 0 Å². The van der Waals surface area contributed by atoms with Crippen molar-refractivity contribution in [3.05, 3.63) is 11.6 Å². The molecule has 9 heavy (non-hydrogen) atoms. The van der Waals surface area contributed by atoms with Gasteiger partial charge in [-0.1, -0.05) is 11.6 Å². The highest BCUT2D eigenvalue weighted by Crippen LogP contribution is 1.98. The van der Waals surface area contributed by atoms with Crippen LogP contribution in [0, 0.1) is 0 Å². The summed E-state index contributed by atoms with van der Waals surface area (Å²) in [4.78, 5) is 9.81. The van der Waals surface area contributed by atoms with Crippen molar-refractivity contribution < 1.29 is 4.79 Å². The van der Waals surface area contributed by atoms with Crippen LogP contribution in [0.25, 0.3) is 0 Å². The minimum absolute atomic E-state index is 0.568. The van der Waals surface area contributed by atoms with Gasteiger partial charge in [-0.25, -0.2) is 0 Å². The molecule has 0 aliphatic carbocycles. The minimum atomic E-state index is 0.568. The summed E-state index contributed by atoms with van der Waals surface area (Å²) in [7, 11) is 0. The van der Waals surface area contributed by atoms with Gasteiger partial charge in [0, 0.05) is 12.3 Å². The average molecular weight is 147 g/mol. The molecule has 0 fully saturated rings. The van der Waals surface area contributed by atoms with E-state index in [1.54, 1.807) is 0 Å². The standard InChI is InChI=1S/C7H11ClO/c1-7(6-8)4-2-3-5-9/h4-5H,2-3,6H2,1H3/b7-4-. The molecule has 2 heteroatoms. The Labute approximate surface area is 60.7 Å². The fourth-order valence-electron chi connectivity index (χ4n) is 0.452. The van der Waals surface area contributed by atoms with Gasteiger partial charge in [0.1, 0.15) is 6.29 Å². The number of unbranched alkanes of at least 4 members (excludes halogenated alkanes) is 1. The van der Waals surface area contributed by atoms with Gasteiger partial charge in [0.15, 0.2) is 0 Å². The molecule has 0 aromatic heterocycles. The third-order valence-corrected chi connectivity index (χ3v) is 1.41. The number of alkyl halides is 1. The molecule has 0 spiro atoms. The van der Waals surface area contributed by atoms with Crippen molar-refractivity contribution in [2.45, 2.75) is 19.8 Å². The SMILES string of the molecule is C/C(=C/CCC=O)CCl. The summed E-state index contributed by atoms with van der Waals surface area (Å²) >= 11 is 5.47. The summed E-state index contributed by atoms with van der Waals surface area (Å²) in [6.45, 7) is 1.96. The molecule has 0 rings (SSSR count). The number of rotatable bonds is 4. The van der Waals surface area contributed by atoms with Crippen LogP contribution in [0.15, 0.2) is 11.6 Å². The van der Waals surface area contributed by atoms with E-state index in [-0.39, 0.29) is 0 Å². The Bertz CT molecular complexity index is 107. The van der Waals surface area contributed by atoms with E-state index in [1.807, 2.05) is 13.0 Å². The van der Waals surface area contributed by atoms with E-state index in [4.69, 9.17) is 11.6 Å². The van der Waals surface area contributed by atoms with Crippen molar-refractivity contribution >= 4 is 17.9 Å². The second-order valence-corrected chi connectivity index (χ2v) is 2.20. The lowest BCUT2D eigenvalue weighted by molar-refractivity contribution is -0.107. The minimum Gasteiger partial charge on any atom is -0.303 e. The zero-order valence-corrected chi connectivity index (χ0v) is 6.32. The summed E-state index contributed by atoms with van der Waals surface area (Å²) in [5, 5.41) is 0. The van der Waals surface area contributed by atoms with Crippen molar-refractivity contribution in [2.75, 3.05) is 5.88 Å². The van der Waals surface area contributed by atoms with Gasteiger partial charge in [-0.15, -0.1) is 11.6 Å². The molecular weight excluding hydrogens is 136 g/mol. The molecule has 0 aliphatic heterocycles. The van der Waals surface area contributed by atoms with Gasteiger partial charge >= 0.3 is 0 Å². The zero-order chi connectivity index (χ0) is 7.11. The van der Waals surface area contributed by atoms with Gasteiger partial charge in [-0.05, 0) is 13.3 Å². The highest BCUT2D eigenvalue weighted by molar-refractivity contribution is 6.19. The molecule has 1 nitrogen and oxygen atoms in total. The number of hydrogen-bond acceptors (Lipinski definition) is 1. The molecule has 0 unspecified atom stereocenters.